The number of pyridine rings is 1. The second-order valence-electron chi connectivity index (χ2n) is 11.3. The summed E-state index contributed by atoms with van der Waals surface area (Å²) in [7, 11) is 0. The van der Waals surface area contributed by atoms with Gasteiger partial charge in [-0.1, -0.05) is 126 Å². The van der Waals surface area contributed by atoms with Crippen molar-refractivity contribution < 1.29 is 14.1 Å². The summed E-state index contributed by atoms with van der Waals surface area (Å²) in [6, 6.07) is 19.7. The van der Waals surface area contributed by atoms with E-state index in [1.165, 1.54) is 64.2 Å². The number of anilines is 1. The highest BCUT2D eigenvalue weighted by Gasteiger charge is 2.15. The lowest BCUT2D eigenvalue weighted by Gasteiger charge is -2.14. The molecule has 0 saturated carbocycles. The molecule has 0 radical (unpaired) electrons. The molecule has 0 aliphatic rings. The van der Waals surface area contributed by atoms with Gasteiger partial charge >= 0.3 is 0 Å². The van der Waals surface area contributed by atoms with E-state index in [2.05, 4.69) is 39.8 Å². The van der Waals surface area contributed by atoms with Crippen molar-refractivity contribution in [1.29, 1.82) is 0 Å². The third kappa shape index (κ3) is 10.2. The molecule has 0 spiro atoms. The molecule has 4 aromatic rings. The molecule has 0 bridgehead atoms. The summed E-state index contributed by atoms with van der Waals surface area (Å²) in [5.74, 6) is 0.536. The summed E-state index contributed by atoms with van der Waals surface area (Å²) < 4.78 is 10.3. The Morgan fingerprint density at radius 3 is 2.21 bits per heavy atom. The predicted molar refractivity (Wildman–Crippen MR) is 173 cm³/mol. The fourth-order valence-corrected chi connectivity index (χ4v) is 5.70. The Morgan fingerprint density at radius 1 is 0.810 bits per heavy atom. The number of nitrogens with zero attached hydrogens (tertiary/aromatic N) is 2. The Bertz CT molecular complexity index is 1350. The standard InChI is InChI=1S/C36H46ClN3O2/c1-2-3-4-5-6-7-8-9-10-11-12-17-25-42-36-30(20-18-22-33(36)37)26-35(41)38-34-23-14-13-19-31(34)27-39-28-32-21-15-16-24-40(32)29-39/h13-16,18-24,28-29H,2-12,17,25-27H2,1H3/p+1. The number of benzene rings is 2. The molecule has 0 aliphatic carbocycles. The first-order valence-electron chi connectivity index (χ1n) is 15.9. The molecule has 2 heterocycles. The van der Waals surface area contributed by atoms with Gasteiger partial charge in [0.05, 0.1) is 24.2 Å². The number of carbonyl (C=O) groups is 1. The Balaban J connectivity index is 1.21. The highest BCUT2D eigenvalue weighted by molar-refractivity contribution is 6.32. The van der Waals surface area contributed by atoms with Crippen LogP contribution < -0.4 is 14.6 Å². The van der Waals surface area contributed by atoms with Crippen LogP contribution in [-0.4, -0.2) is 16.9 Å². The second-order valence-corrected chi connectivity index (χ2v) is 11.7. The third-order valence-electron chi connectivity index (χ3n) is 7.78. The van der Waals surface area contributed by atoms with Crippen LogP contribution in [0.5, 0.6) is 5.75 Å². The monoisotopic (exact) mass is 588 g/mol. The molecule has 2 aromatic heterocycles. The van der Waals surface area contributed by atoms with Gasteiger partial charge in [-0.3, -0.25) is 4.79 Å². The number of imidazole rings is 1. The summed E-state index contributed by atoms with van der Waals surface area (Å²) in [6.07, 6.45) is 22.0. The van der Waals surface area contributed by atoms with Crippen molar-refractivity contribution in [3.63, 3.8) is 0 Å². The third-order valence-corrected chi connectivity index (χ3v) is 8.08. The van der Waals surface area contributed by atoms with Gasteiger partial charge in [-0.15, -0.1) is 0 Å². The van der Waals surface area contributed by atoms with E-state index in [0.29, 0.717) is 23.9 Å². The first-order chi connectivity index (χ1) is 20.6. The normalized spacial score (nSPS) is 11.2. The number of hydrogen-bond acceptors (Lipinski definition) is 2. The lowest BCUT2D eigenvalue weighted by atomic mass is 10.1. The maximum atomic E-state index is 13.2. The van der Waals surface area contributed by atoms with Crippen LogP contribution in [0.15, 0.2) is 79.4 Å². The van der Waals surface area contributed by atoms with Crippen LogP contribution in [0.3, 0.4) is 0 Å². The second kappa shape index (κ2) is 17.6. The van der Waals surface area contributed by atoms with Crippen LogP contribution in [0.4, 0.5) is 5.69 Å². The summed E-state index contributed by atoms with van der Waals surface area (Å²) in [6.45, 7) is 3.54. The maximum absolute atomic E-state index is 13.2. The molecule has 1 amide bonds. The Labute approximate surface area is 256 Å². The predicted octanol–water partition coefficient (Wildman–Crippen LogP) is 9.19. The van der Waals surface area contributed by atoms with E-state index in [9.17, 15) is 4.79 Å². The number of ether oxygens (including phenoxy) is 1. The zero-order chi connectivity index (χ0) is 29.4. The average Bonchev–Trinajstić information content (AvgIpc) is 3.40. The first-order valence-corrected chi connectivity index (χ1v) is 16.3. The minimum Gasteiger partial charge on any atom is -0.492 e. The van der Waals surface area contributed by atoms with Crippen LogP contribution in [-0.2, 0) is 17.8 Å². The molecule has 0 atom stereocenters. The number of carbonyl (C=O) groups excluding carboxylic acids is 1. The fourth-order valence-electron chi connectivity index (χ4n) is 5.45. The van der Waals surface area contributed by atoms with E-state index < -0.39 is 0 Å². The van der Waals surface area contributed by atoms with Crippen LogP contribution in [0.25, 0.3) is 5.52 Å². The summed E-state index contributed by atoms with van der Waals surface area (Å²) in [5.41, 5.74) is 3.79. The number of aromatic nitrogens is 2. The van der Waals surface area contributed by atoms with E-state index >= 15 is 0 Å². The molecule has 0 fully saturated rings. The van der Waals surface area contributed by atoms with E-state index in [0.717, 1.165) is 35.2 Å². The van der Waals surface area contributed by atoms with Crippen molar-refractivity contribution in [2.75, 3.05) is 11.9 Å². The van der Waals surface area contributed by atoms with Crippen LogP contribution in [0, 0.1) is 0 Å². The molecule has 5 nitrogen and oxygen atoms in total. The number of hydrogen-bond donors (Lipinski definition) is 1. The topological polar surface area (TPSA) is 46.6 Å². The molecule has 2 aromatic carbocycles. The van der Waals surface area contributed by atoms with E-state index in [1.807, 2.05) is 60.8 Å². The number of nitrogens with one attached hydrogen (secondary N) is 1. The summed E-state index contributed by atoms with van der Waals surface area (Å²) >= 11 is 6.51. The lowest BCUT2D eigenvalue weighted by molar-refractivity contribution is -0.686. The number of amides is 1. The van der Waals surface area contributed by atoms with Crippen molar-refractivity contribution in [2.24, 2.45) is 0 Å². The average molecular weight is 589 g/mol. The smallest absolute Gasteiger partial charge is 0.249 e. The minimum atomic E-state index is -0.0908. The quantitative estimate of drug-likeness (QED) is 0.0876. The zero-order valence-corrected chi connectivity index (χ0v) is 26.0. The number of fused-ring (bicyclic) bond motifs is 1. The van der Waals surface area contributed by atoms with Gasteiger partial charge in [0.1, 0.15) is 18.5 Å². The fraction of sp³-hybridized carbons (Fsp3) is 0.444. The van der Waals surface area contributed by atoms with Crippen molar-refractivity contribution in [3.8, 4) is 5.75 Å². The molecular formula is C36H47ClN3O2+. The van der Waals surface area contributed by atoms with Crippen molar-refractivity contribution >= 4 is 28.7 Å². The molecule has 0 aliphatic heterocycles. The molecule has 0 saturated heterocycles. The maximum Gasteiger partial charge on any atom is 0.249 e. The van der Waals surface area contributed by atoms with E-state index in [4.69, 9.17) is 16.3 Å². The van der Waals surface area contributed by atoms with Gasteiger partial charge in [0.2, 0.25) is 12.2 Å². The summed E-state index contributed by atoms with van der Waals surface area (Å²) in [5, 5.41) is 3.67. The number of para-hydroxylation sites is 2. The number of rotatable bonds is 19. The molecule has 42 heavy (non-hydrogen) atoms. The Morgan fingerprint density at radius 2 is 1.48 bits per heavy atom. The number of unbranched alkanes of at least 4 members (excludes halogenated alkanes) is 11. The zero-order valence-electron chi connectivity index (χ0n) is 25.2. The highest BCUT2D eigenvalue weighted by Crippen LogP contribution is 2.30. The van der Waals surface area contributed by atoms with Crippen LogP contribution in [0.1, 0.15) is 95.1 Å². The molecule has 0 unspecified atom stereocenters. The minimum absolute atomic E-state index is 0.0908. The van der Waals surface area contributed by atoms with Crippen LogP contribution >= 0.6 is 11.6 Å². The van der Waals surface area contributed by atoms with E-state index in [1.54, 1.807) is 0 Å². The van der Waals surface area contributed by atoms with Gasteiger partial charge in [-0.05, 0) is 30.7 Å². The lowest BCUT2D eigenvalue weighted by Crippen LogP contribution is -2.32. The molecule has 1 N–H and O–H groups in total. The molecule has 6 heteroatoms. The first kappa shape index (κ1) is 31.6. The molecular weight excluding hydrogens is 542 g/mol. The Hall–Kier alpha value is -3.31. The van der Waals surface area contributed by atoms with Gasteiger partial charge < -0.3 is 10.1 Å². The highest BCUT2D eigenvalue weighted by atomic mass is 35.5. The van der Waals surface area contributed by atoms with Crippen molar-refractivity contribution in [1.82, 2.24) is 4.40 Å². The molecule has 224 valence electrons. The molecule has 4 rings (SSSR count). The SMILES string of the molecule is CCCCCCCCCCCCCCOc1c(Cl)cccc1CC(=O)Nc1ccccc1C[n+]1cc2ccccn2c1. The van der Waals surface area contributed by atoms with Gasteiger partial charge in [-0.2, -0.15) is 0 Å². The van der Waals surface area contributed by atoms with Crippen molar-refractivity contribution in [3.05, 3.63) is 95.5 Å². The van der Waals surface area contributed by atoms with Gasteiger partial charge in [0.25, 0.3) is 0 Å². The summed E-state index contributed by atoms with van der Waals surface area (Å²) in [4.78, 5) is 13.2. The Kier molecular flexibility index (Phi) is 13.3. The van der Waals surface area contributed by atoms with Gasteiger partial charge in [0.15, 0.2) is 5.52 Å². The van der Waals surface area contributed by atoms with E-state index in [-0.39, 0.29) is 12.3 Å². The number of halogens is 1. The van der Waals surface area contributed by atoms with Gasteiger partial charge in [-0.25, -0.2) is 8.97 Å². The van der Waals surface area contributed by atoms with Crippen molar-refractivity contribution in [2.45, 2.75) is 96.9 Å². The largest absolute Gasteiger partial charge is 0.492 e. The van der Waals surface area contributed by atoms with Gasteiger partial charge in [0, 0.05) is 16.8 Å². The van der Waals surface area contributed by atoms with Crippen LogP contribution in [0.2, 0.25) is 5.02 Å².